The molecule has 1 aliphatic rings. The molecule has 1 atom stereocenters. The minimum atomic E-state index is -0.259. The molecule has 1 aromatic rings. The Morgan fingerprint density at radius 2 is 2.20 bits per heavy atom. The van der Waals surface area contributed by atoms with Crippen molar-refractivity contribution in [2.24, 2.45) is 0 Å². The average molecular weight is 338 g/mol. The van der Waals surface area contributed by atoms with Crippen molar-refractivity contribution >= 4 is 22.0 Å². The number of ether oxygens (including phenoxy) is 1. The minimum absolute atomic E-state index is 0.0668. The maximum atomic E-state index is 11.9. The first-order valence-corrected chi connectivity index (χ1v) is 7.87. The van der Waals surface area contributed by atoms with Gasteiger partial charge in [-0.2, -0.15) is 0 Å². The summed E-state index contributed by atoms with van der Waals surface area (Å²) in [5.41, 5.74) is 1.22. The number of unbranched alkanes of at least 4 members (excludes halogenated alkanes) is 2. The number of allylic oxidation sites excluding steroid dienone is 1. The number of halogens is 1. The van der Waals surface area contributed by atoms with E-state index in [1.54, 1.807) is 4.90 Å². The van der Waals surface area contributed by atoms with E-state index in [0.717, 1.165) is 30.3 Å². The highest BCUT2D eigenvalue weighted by molar-refractivity contribution is 9.11. The lowest BCUT2D eigenvalue weighted by Gasteiger charge is -2.21. The Bertz CT molecular complexity index is 473. The van der Waals surface area contributed by atoms with Gasteiger partial charge in [-0.15, -0.1) is 0 Å². The molecule has 0 spiro atoms. The van der Waals surface area contributed by atoms with Gasteiger partial charge in [-0.25, -0.2) is 4.79 Å². The molecule has 1 amide bonds. The van der Waals surface area contributed by atoms with Crippen molar-refractivity contribution in [2.75, 3.05) is 6.61 Å². The van der Waals surface area contributed by atoms with Crippen molar-refractivity contribution in [2.45, 2.75) is 38.6 Å². The average Bonchev–Trinajstić information content (AvgIpc) is 2.81. The van der Waals surface area contributed by atoms with Gasteiger partial charge < -0.3 is 4.74 Å². The van der Waals surface area contributed by atoms with Crippen LogP contribution < -0.4 is 0 Å². The van der Waals surface area contributed by atoms with E-state index in [1.807, 2.05) is 18.2 Å². The molecular formula is C16H20BrNO2. The smallest absolute Gasteiger partial charge is 0.415 e. The molecule has 108 valence electrons. The van der Waals surface area contributed by atoms with Crippen LogP contribution in [0.15, 0.2) is 41.0 Å². The number of hydrogen-bond acceptors (Lipinski definition) is 2. The summed E-state index contributed by atoms with van der Waals surface area (Å²) >= 11 is 3.52. The summed E-state index contributed by atoms with van der Waals surface area (Å²) < 4.78 is 6.02. The maximum Gasteiger partial charge on any atom is 0.415 e. The second-order valence-corrected chi connectivity index (χ2v) is 5.77. The summed E-state index contributed by atoms with van der Waals surface area (Å²) in [4.78, 5) is 13.6. The Balaban J connectivity index is 2.04. The summed E-state index contributed by atoms with van der Waals surface area (Å²) in [7, 11) is 0. The Morgan fingerprint density at radius 3 is 2.90 bits per heavy atom. The van der Waals surface area contributed by atoms with Crippen LogP contribution in [-0.4, -0.2) is 23.6 Å². The fourth-order valence-corrected chi connectivity index (χ4v) is 2.95. The predicted molar refractivity (Wildman–Crippen MR) is 83.7 cm³/mol. The van der Waals surface area contributed by atoms with Crippen molar-refractivity contribution in [3.05, 3.63) is 46.6 Å². The first-order chi connectivity index (χ1) is 9.72. The molecule has 0 aliphatic carbocycles. The second kappa shape index (κ2) is 7.48. The standard InChI is InChI=1S/C16H20BrNO2/c1-2-3-5-10-15(17)18-14(12-20-16(18)19)11-13-8-6-4-7-9-13/h4,6-10,14H,2-3,5,11-12H2,1H3/b15-10-/t14-/m1/s1. The van der Waals surface area contributed by atoms with Crippen LogP contribution in [0, 0.1) is 0 Å². The number of cyclic esters (lactones) is 1. The third-order valence-electron chi connectivity index (χ3n) is 3.38. The van der Waals surface area contributed by atoms with Gasteiger partial charge in [-0.1, -0.05) is 49.8 Å². The van der Waals surface area contributed by atoms with Gasteiger partial charge in [0.2, 0.25) is 0 Å². The normalized spacial score (nSPS) is 19.3. The van der Waals surface area contributed by atoms with E-state index in [0.29, 0.717) is 6.61 Å². The van der Waals surface area contributed by atoms with Crippen molar-refractivity contribution in [1.82, 2.24) is 4.90 Å². The first kappa shape index (κ1) is 15.1. The highest BCUT2D eigenvalue weighted by Gasteiger charge is 2.34. The summed E-state index contributed by atoms with van der Waals surface area (Å²) in [6, 6.07) is 10.3. The fourth-order valence-electron chi connectivity index (χ4n) is 2.28. The summed E-state index contributed by atoms with van der Waals surface area (Å²) in [5, 5.41) is 0. The molecule has 1 aliphatic heterocycles. The molecule has 0 N–H and O–H groups in total. The van der Waals surface area contributed by atoms with Crippen molar-refractivity contribution < 1.29 is 9.53 Å². The third kappa shape index (κ3) is 3.85. The molecular weight excluding hydrogens is 318 g/mol. The lowest BCUT2D eigenvalue weighted by Crippen LogP contribution is -2.32. The van der Waals surface area contributed by atoms with Gasteiger partial charge in [0.15, 0.2) is 0 Å². The van der Waals surface area contributed by atoms with E-state index < -0.39 is 0 Å². The summed E-state index contributed by atoms with van der Waals surface area (Å²) in [5.74, 6) is 0. The first-order valence-electron chi connectivity index (χ1n) is 7.08. The van der Waals surface area contributed by atoms with Crippen LogP contribution >= 0.6 is 15.9 Å². The molecule has 1 heterocycles. The molecule has 1 saturated heterocycles. The molecule has 1 aromatic carbocycles. The zero-order valence-electron chi connectivity index (χ0n) is 11.7. The SMILES string of the molecule is CCCC/C=C(/Br)N1C(=O)OC[C@H]1Cc1ccccc1. The van der Waals surface area contributed by atoms with Crippen LogP contribution in [0.4, 0.5) is 4.79 Å². The molecule has 2 rings (SSSR count). The van der Waals surface area contributed by atoms with Gasteiger partial charge in [-0.05, 0) is 40.8 Å². The Labute approximate surface area is 128 Å². The van der Waals surface area contributed by atoms with Crippen molar-refractivity contribution in [3.63, 3.8) is 0 Å². The van der Waals surface area contributed by atoms with Crippen LogP contribution in [-0.2, 0) is 11.2 Å². The Morgan fingerprint density at radius 1 is 1.45 bits per heavy atom. The highest BCUT2D eigenvalue weighted by atomic mass is 79.9. The largest absolute Gasteiger partial charge is 0.447 e. The molecule has 1 fully saturated rings. The van der Waals surface area contributed by atoms with E-state index >= 15 is 0 Å². The molecule has 0 unspecified atom stereocenters. The van der Waals surface area contributed by atoms with Gasteiger partial charge >= 0.3 is 6.09 Å². The number of carbonyl (C=O) groups is 1. The van der Waals surface area contributed by atoms with E-state index in [2.05, 4.69) is 41.1 Å². The van der Waals surface area contributed by atoms with Crippen LogP contribution in [0.5, 0.6) is 0 Å². The summed E-state index contributed by atoms with van der Waals surface area (Å²) in [6.07, 6.45) is 5.86. The Hall–Kier alpha value is -1.29. The number of benzene rings is 1. The Kier molecular flexibility index (Phi) is 5.65. The second-order valence-electron chi connectivity index (χ2n) is 4.96. The lowest BCUT2D eigenvalue weighted by atomic mass is 10.1. The fraction of sp³-hybridized carbons (Fsp3) is 0.438. The van der Waals surface area contributed by atoms with Gasteiger partial charge in [0.1, 0.15) is 6.61 Å². The molecule has 0 aromatic heterocycles. The van der Waals surface area contributed by atoms with Crippen LogP contribution in [0.25, 0.3) is 0 Å². The lowest BCUT2D eigenvalue weighted by molar-refractivity contribution is 0.165. The van der Waals surface area contributed by atoms with Gasteiger partial charge in [0, 0.05) is 0 Å². The van der Waals surface area contributed by atoms with Crippen molar-refractivity contribution in [1.29, 1.82) is 0 Å². The molecule has 0 radical (unpaired) electrons. The van der Waals surface area contributed by atoms with Gasteiger partial charge in [0.25, 0.3) is 0 Å². The predicted octanol–water partition coefficient (Wildman–Crippen LogP) is 4.48. The van der Waals surface area contributed by atoms with E-state index in [9.17, 15) is 4.79 Å². The van der Waals surface area contributed by atoms with Crippen LogP contribution in [0.3, 0.4) is 0 Å². The summed E-state index contributed by atoms with van der Waals surface area (Å²) in [6.45, 7) is 2.61. The number of hydrogen-bond donors (Lipinski definition) is 0. The van der Waals surface area contributed by atoms with E-state index in [-0.39, 0.29) is 12.1 Å². The van der Waals surface area contributed by atoms with E-state index in [1.165, 1.54) is 5.56 Å². The molecule has 3 nitrogen and oxygen atoms in total. The molecule has 0 saturated carbocycles. The molecule has 20 heavy (non-hydrogen) atoms. The monoisotopic (exact) mass is 337 g/mol. The maximum absolute atomic E-state index is 11.9. The number of rotatable bonds is 6. The topological polar surface area (TPSA) is 29.5 Å². The zero-order chi connectivity index (χ0) is 14.4. The van der Waals surface area contributed by atoms with Gasteiger partial charge in [0.05, 0.1) is 10.6 Å². The number of amides is 1. The van der Waals surface area contributed by atoms with Crippen LogP contribution in [0.2, 0.25) is 0 Å². The van der Waals surface area contributed by atoms with Crippen LogP contribution in [0.1, 0.15) is 31.7 Å². The minimum Gasteiger partial charge on any atom is -0.447 e. The molecule has 0 bridgehead atoms. The molecule has 4 heteroatoms. The third-order valence-corrected chi connectivity index (χ3v) is 4.08. The van der Waals surface area contributed by atoms with Crippen molar-refractivity contribution in [3.8, 4) is 0 Å². The van der Waals surface area contributed by atoms with Gasteiger partial charge in [-0.3, -0.25) is 4.90 Å². The van der Waals surface area contributed by atoms with E-state index in [4.69, 9.17) is 4.74 Å². The highest BCUT2D eigenvalue weighted by Crippen LogP contribution is 2.26. The number of nitrogens with zero attached hydrogens (tertiary/aromatic N) is 1. The number of carbonyl (C=O) groups excluding carboxylic acids is 1. The zero-order valence-corrected chi connectivity index (χ0v) is 13.3. The quantitative estimate of drug-likeness (QED) is 0.565.